The molecular weight excluding hydrogens is 320 g/mol. The van der Waals surface area contributed by atoms with Crippen molar-refractivity contribution < 1.29 is 5.11 Å². The number of hydrogen-bond acceptors (Lipinski definition) is 8. The molecule has 6 N–H and O–H groups in total. The summed E-state index contributed by atoms with van der Waals surface area (Å²) in [6.07, 6.45) is -0.526. The second-order valence-electron chi connectivity index (χ2n) is 5.00. The van der Waals surface area contributed by atoms with Crippen LogP contribution in [0, 0.1) is 0 Å². The fraction of sp³-hybridized carbons (Fsp3) is 0.231. The number of H-pyrrole nitrogens is 1. The van der Waals surface area contributed by atoms with Gasteiger partial charge < -0.3 is 21.5 Å². The average molecular weight is 335 g/mol. The monoisotopic (exact) mass is 334 g/mol. The highest BCUT2D eigenvalue weighted by Crippen LogP contribution is 2.27. The van der Waals surface area contributed by atoms with E-state index in [1.807, 2.05) is 0 Å². The first-order valence-electron chi connectivity index (χ1n) is 6.85. The topological polar surface area (TPSA) is 138 Å². The lowest BCUT2D eigenvalue weighted by Gasteiger charge is -2.10. The predicted molar refractivity (Wildman–Crippen MR) is 88.8 cm³/mol. The number of halogens is 1. The highest BCUT2D eigenvalue weighted by molar-refractivity contribution is 6.33. The zero-order valence-electron chi connectivity index (χ0n) is 12.2. The molecule has 23 heavy (non-hydrogen) atoms. The Morgan fingerprint density at radius 1 is 1.39 bits per heavy atom. The second-order valence-corrected chi connectivity index (χ2v) is 5.40. The molecule has 1 unspecified atom stereocenters. The van der Waals surface area contributed by atoms with Crippen LogP contribution in [0.4, 0.5) is 23.1 Å². The maximum atomic E-state index is 9.36. The van der Waals surface area contributed by atoms with Crippen molar-refractivity contribution in [2.45, 2.75) is 13.0 Å². The molecule has 1 aromatic carbocycles. The molecule has 0 radical (unpaired) electrons. The number of nitrogens with zero attached hydrogens (tertiary/aromatic N) is 4. The lowest BCUT2D eigenvalue weighted by molar-refractivity contribution is 0.208. The van der Waals surface area contributed by atoms with Crippen molar-refractivity contribution in [1.29, 1.82) is 0 Å². The lowest BCUT2D eigenvalue weighted by atomic mass is 10.3. The van der Waals surface area contributed by atoms with Gasteiger partial charge in [0.2, 0.25) is 5.95 Å². The van der Waals surface area contributed by atoms with Gasteiger partial charge in [-0.15, -0.1) is 5.10 Å². The Hall–Kier alpha value is -2.65. The maximum absolute atomic E-state index is 9.36. The Morgan fingerprint density at radius 3 is 2.96 bits per heavy atom. The Morgan fingerprint density at radius 2 is 2.22 bits per heavy atom. The third-order valence-electron chi connectivity index (χ3n) is 3.01. The van der Waals surface area contributed by atoms with Gasteiger partial charge in [0, 0.05) is 12.2 Å². The molecule has 120 valence electrons. The summed E-state index contributed by atoms with van der Waals surface area (Å²) < 4.78 is 0. The number of fused-ring (bicyclic) bond motifs is 1. The zero-order valence-corrected chi connectivity index (χ0v) is 13.0. The number of aromatic nitrogens is 5. The molecule has 10 heteroatoms. The minimum absolute atomic E-state index is 0.320. The molecule has 0 aliphatic rings. The molecule has 3 aromatic rings. The van der Waals surface area contributed by atoms with Gasteiger partial charge in [0.05, 0.1) is 16.8 Å². The van der Waals surface area contributed by atoms with Crippen LogP contribution in [-0.4, -0.2) is 43.1 Å². The van der Waals surface area contributed by atoms with Crippen molar-refractivity contribution in [1.82, 2.24) is 25.4 Å². The quantitative estimate of drug-likeness (QED) is 0.443. The standard InChI is InChI=1S/C13H15ClN8O/c1-6(23)5-16-13-18-11(10-12(19-13)21-22-20-10)17-7-2-3-9(15)8(14)4-7/h2-4,6,23H,5,15H2,1H3,(H3,16,17,18,19,20,21,22). The molecular formula is C13H15ClN8O. The zero-order chi connectivity index (χ0) is 16.4. The van der Waals surface area contributed by atoms with Crippen LogP contribution in [0.15, 0.2) is 18.2 Å². The van der Waals surface area contributed by atoms with E-state index in [1.165, 1.54) is 0 Å². The third kappa shape index (κ3) is 3.41. The van der Waals surface area contributed by atoms with Crippen molar-refractivity contribution in [3.8, 4) is 0 Å². The molecule has 0 spiro atoms. The van der Waals surface area contributed by atoms with Gasteiger partial charge in [0.15, 0.2) is 17.0 Å². The number of benzene rings is 1. The van der Waals surface area contributed by atoms with Crippen LogP contribution >= 0.6 is 11.6 Å². The number of aliphatic hydroxyl groups is 1. The van der Waals surface area contributed by atoms with E-state index < -0.39 is 6.10 Å². The van der Waals surface area contributed by atoms with Gasteiger partial charge in [0.25, 0.3) is 0 Å². The van der Waals surface area contributed by atoms with E-state index in [4.69, 9.17) is 17.3 Å². The first kappa shape index (κ1) is 15.3. The molecule has 9 nitrogen and oxygen atoms in total. The number of nitrogens with two attached hydrogens (primary N) is 1. The Labute approximate surface area is 136 Å². The normalized spacial score (nSPS) is 12.3. The summed E-state index contributed by atoms with van der Waals surface area (Å²) in [7, 11) is 0. The van der Waals surface area contributed by atoms with E-state index in [0.717, 1.165) is 0 Å². The number of anilines is 4. The number of nitrogen functional groups attached to an aromatic ring is 1. The summed E-state index contributed by atoms with van der Waals surface area (Å²) in [4.78, 5) is 8.59. The molecule has 0 saturated carbocycles. The van der Waals surface area contributed by atoms with Gasteiger partial charge in [-0.25, -0.2) is 5.10 Å². The van der Waals surface area contributed by atoms with Crippen molar-refractivity contribution in [2.24, 2.45) is 0 Å². The first-order valence-corrected chi connectivity index (χ1v) is 7.23. The Bertz CT molecular complexity index is 834. The van der Waals surface area contributed by atoms with Gasteiger partial charge in [-0.2, -0.15) is 9.97 Å². The molecule has 3 rings (SSSR count). The van der Waals surface area contributed by atoms with Crippen molar-refractivity contribution in [2.75, 3.05) is 22.9 Å². The molecule has 0 aliphatic heterocycles. The molecule has 0 fully saturated rings. The summed E-state index contributed by atoms with van der Waals surface area (Å²) in [6.45, 7) is 1.99. The molecule has 2 aromatic heterocycles. The van der Waals surface area contributed by atoms with Gasteiger partial charge in [-0.05, 0) is 25.1 Å². The maximum Gasteiger partial charge on any atom is 0.226 e. The van der Waals surface area contributed by atoms with Gasteiger partial charge in [0.1, 0.15) is 0 Å². The molecule has 0 saturated heterocycles. The van der Waals surface area contributed by atoms with Crippen LogP contribution in [0.2, 0.25) is 5.02 Å². The number of hydrogen-bond donors (Lipinski definition) is 5. The van der Waals surface area contributed by atoms with Crippen LogP contribution in [0.25, 0.3) is 11.2 Å². The molecule has 0 aliphatic carbocycles. The SMILES string of the molecule is CC(O)CNc1nc(Nc2ccc(N)c(Cl)c2)c2nn[nH]c2n1. The molecule has 1 atom stereocenters. The van der Waals surface area contributed by atoms with E-state index in [1.54, 1.807) is 25.1 Å². The van der Waals surface area contributed by atoms with E-state index in [0.29, 0.717) is 45.9 Å². The average Bonchev–Trinajstić information content (AvgIpc) is 2.97. The summed E-state index contributed by atoms with van der Waals surface area (Å²) in [5.74, 6) is 0.797. The number of nitrogens with one attached hydrogen (secondary N) is 3. The van der Waals surface area contributed by atoms with Gasteiger partial charge in [-0.1, -0.05) is 16.8 Å². The molecule has 0 amide bonds. The fourth-order valence-corrected chi connectivity index (χ4v) is 2.08. The van der Waals surface area contributed by atoms with Crippen LogP contribution in [0.1, 0.15) is 6.92 Å². The molecule has 2 heterocycles. The summed E-state index contributed by atoms with van der Waals surface area (Å²) in [6, 6.07) is 5.16. The summed E-state index contributed by atoms with van der Waals surface area (Å²) in [5, 5.41) is 26.2. The second kappa shape index (κ2) is 6.23. The van der Waals surface area contributed by atoms with Gasteiger partial charge in [-0.3, -0.25) is 0 Å². The Kier molecular flexibility index (Phi) is 4.13. The minimum atomic E-state index is -0.526. The smallest absolute Gasteiger partial charge is 0.226 e. The van der Waals surface area contributed by atoms with Gasteiger partial charge >= 0.3 is 0 Å². The van der Waals surface area contributed by atoms with Crippen molar-refractivity contribution in [3.05, 3.63) is 23.2 Å². The van der Waals surface area contributed by atoms with Crippen molar-refractivity contribution in [3.63, 3.8) is 0 Å². The molecule has 0 bridgehead atoms. The Balaban J connectivity index is 1.94. The minimum Gasteiger partial charge on any atom is -0.398 e. The predicted octanol–water partition coefficient (Wildman–Crippen LogP) is 1.52. The van der Waals surface area contributed by atoms with Crippen LogP contribution in [-0.2, 0) is 0 Å². The van der Waals surface area contributed by atoms with E-state index >= 15 is 0 Å². The largest absolute Gasteiger partial charge is 0.398 e. The summed E-state index contributed by atoms with van der Waals surface area (Å²) in [5.41, 5.74) is 7.85. The van der Waals surface area contributed by atoms with E-state index in [2.05, 4.69) is 36.0 Å². The highest BCUT2D eigenvalue weighted by atomic mass is 35.5. The highest BCUT2D eigenvalue weighted by Gasteiger charge is 2.12. The lowest BCUT2D eigenvalue weighted by Crippen LogP contribution is -2.17. The number of rotatable bonds is 5. The fourth-order valence-electron chi connectivity index (χ4n) is 1.90. The number of aromatic amines is 1. The van der Waals surface area contributed by atoms with Crippen LogP contribution in [0.5, 0.6) is 0 Å². The van der Waals surface area contributed by atoms with Crippen molar-refractivity contribution >= 4 is 45.9 Å². The van der Waals surface area contributed by atoms with E-state index in [9.17, 15) is 5.11 Å². The van der Waals surface area contributed by atoms with Crippen LogP contribution in [0.3, 0.4) is 0 Å². The number of aliphatic hydroxyl groups excluding tert-OH is 1. The van der Waals surface area contributed by atoms with E-state index in [-0.39, 0.29) is 0 Å². The first-order chi connectivity index (χ1) is 11.0. The van der Waals surface area contributed by atoms with Crippen LogP contribution < -0.4 is 16.4 Å². The summed E-state index contributed by atoms with van der Waals surface area (Å²) >= 11 is 6.02. The third-order valence-corrected chi connectivity index (χ3v) is 3.34.